The fourth-order valence-electron chi connectivity index (χ4n) is 3.69. The van der Waals surface area contributed by atoms with Crippen molar-refractivity contribution < 1.29 is 9.90 Å². The zero-order chi connectivity index (χ0) is 17.3. The molecule has 23 heavy (non-hydrogen) atoms. The molecule has 1 aromatic rings. The summed E-state index contributed by atoms with van der Waals surface area (Å²) in [6.45, 7) is 8.69. The number of aromatic hydroxyl groups is 1. The Hall–Kier alpha value is -1.26. The third-order valence-corrected chi connectivity index (χ3v) is 4.51. The molecule has 0 bridgehead atoms. The Bertz CT molecular complexity index is 568. The molecule has 1 saturated heterocycles. The third-order valence-electron chi connectivity index (χ3n) is 4.21. The number of hydrogen-bond donors (Lipinski definition) is 3. The van der Waals surface area contributed by atoms with Crippen molar-refractivity contribution >= 4 is 17.5 Å². The lowest BCUT2D eigenvalue weighted by molar-refractivity contribution is -0.122. The van der Waals surface area contributed by atoms with Crippen LogP contribution in [-0.2, 0) is 11.2 Å². The smallest absolute Gasteiger partial charge is 0.220 e. The quantitative estimate of drug-likeness (QED) is 0.788. The molecular formula is C18H27ClN2O2. The number of aryl methyl sites for hydroxylation is 1. The number of nitrogens with one attached hydrogen (secondary N) is 2. The molecule has 3 N–H and O–H groups in total. The maximum atomic E-state index is 12.2. The van der Waals surface area contributed by atoms with Crippen LogP contribution in [-0.4, -0.2) is 28.1 Å². The van der Waals surface area contributed by atoms with Crippen molar-refractivity contribution in [3.8, 4) is 5.75 Å². The van der Waals surface area contributed by atoms with Gasteiger partial charge in [-0.3, -0.25) is 4.79 Å². The maximum Gasteiger partial charge on any atom is 0.220 e. The zero-order valence-electron chi connectivity index (χ0n) is 14.4. The summed E-state index contributed by atoms with van der Waals surface area (Å²) in [6, 6.07) is 5.26. The van der Waals surface area contributed by atoms with Crippen LogP contribution in [0.4, 0.5) is 0 Å². The van der Waals surface area contributed by atoms with Crippen LogP contribution in [0, 0.1) is 0 Å². The van der Waals surface area contributed by atoms with Gasteiger partial charge in [-0.15, -0.1) is 0 Å². The first-order valence-electron chi connectivity index (χ1n) is 8.12. The number of piperidine rings is 1. The summed E-state index contributed by atoms with van der Waals surface area (Å²) < 4.78 is 0. The Balaban J connectivity index is 1.88. The van der Waals surface area contributed by atoms with Crippen LogP contribution in [0.25, 0.3) is 0 Å². The average molecular weight is 339 g/mol. The van der Waals surface area contributed by atoms with E-state index >= 15 is 0 Å². The number of phenols is 1. The molecule has 4 nitrogen and oxygen atoms in total. The van der Waals surface area contributed by atoms with Gasteiger partial charge in [-0.25, -0.2) is 0 Å². The zero-order valence-corrected chi connectivity index (χ0v) is 15.1. The molecule has 0 spiro atoms. The van der Waals surface area contributed by atoms with Gasteiger partial charge in [0.2, 0.25) is 5.91 Å². The van der Waals surface area contributed by atoms with Crippen LogP contribution in [0.2, 0.25) is 5.02 Å². The fourth-order valence-corrected chi connectivity index (χ4v) is 3.89. The van der Waals surface area contributed by atoms with E-state index in [9.17, 15) is 9.90 Å². The number of rotatable bonds is 4. The number of halogens is 1. The Morgan fingerprint density at radius 3 is 2.48 bits per heavy atom. The van der Waals surface area contributed by atoms with Gasteiger partial charge in [0.1, 0.15) is 5.75 Å². The molecule has 0 unspecified atom stereocenters. The lowest BCUT2D eigenvalue weighted by atomic mass is 9.79. The van der Waals surface area contributed by atoms with Crippen LogP contribution >= 0.6 is 11.6 Å². The molecule has 1 fully saturated rings. The Labute approximate surface area is 143 Å². The highest BCUT2D eigenvalue weighted by atomic mass is 35.5. The predicted molar refractivity (Wildman–Crippen MR) is 93.9 cm³/mol. The lowest BCUT2D eigenvalue weighted by Crippen LogP contribution is -2.62. The first-order chi connectivity index (χ1) is 10.6. The molecule has 1 heterocycles. The summed E-state index contributed by atoms with van der Waals surface area (Å²) in [4.78, 5) is 12.2. The largest absolute Gasteiger partial charge is 0.506 e. The van der Waals surface area contributed by atoms with Gasteiger partial charge in [0.25, 0.3) is 0 Å². The van der Waals surface area contributed by atoms with Crippen molar-refractivity contribution in [3.63, 3.8) is 0 Å². The van der Waals surface area contributed by atoms with Gasteiger partial charge in [-0.05, 0) is 64.7 Å². The second-order valence-corrected chi connectivity index (χ2v) is 8.26. The van der Waals surface area contributed by atoms with Crippen LogP contribution in [0.3, 0.4) is 0 Å². The van der Waals surface area contributed by atoms with Gasteiger partial charge in [-0.1, -0.05) is 17.7 Å². The van der Waals surface area contributed by atoms with Crippen molar-refractivity contribution in [2.45, 2.75) is 70.5 Å². The van der Waals surface area contributed by atoms with E-state index in [0.717, 1.165) is 18.4 Å². The Morgan fingerprint density at radius 1 is 1.30 bits per heavy atom. The number of hydrogen-bond acceptors (Lipinski definition) is 3. The number of carbonyl (C=O) groups excluding carboxylic acids is 1. The number of benzene rings is 1. The molecule has 1 aromatic carbocycles. The van der Waals surface area contributed by atoms with Gasteiger partial charge in [0, 0.05) is 23.5 Å². The minimum absolute atomic E-state index is 0.0180. The first kappa shape index (κ1) is 18.1. The number of amides is 1. The molecule has 1 aliphatic rings. The maximum absolute atomic E-state index is 12.2. The van der Waals surface area contributed by atoms with Crippen molar-refractivity contribution in [1.82, 2.24) is 10.6 Å². The van der Waals surface area contributed by atoms with E-state index in [4.69, 9.17) is 11.6 Å². The molecular weight excluding hydrogens is 312 g/mol. The summed E-state index contributed by atoms with van der Waals surface area (Å²) in [5.41, 5.74) is 0.989. The molecule has 0 saturated carbocycles. The third kappa shape index (κ3) is 5.40. The lowest BCUT2D eigenvalue weighted by Gasteiger charge is -2.46. The van der Waals surface area contributed by atoms with Crippen LogP contribution in [0.15, 0.2) is 18.2 Å². The normalized spacial score (nSPS) is 20.2. The summed E-state index contributed by atoms with van der Waals surface area (Å²) in [5, 5.41) is 16.5. The second kappa shape index (κ2) is 6.70. The first-order valence-corrected chi connectivity index (χ1v) is 8.50. The minimum Gasteiger partial charge on any atom is -0.506 e. The Kier molecular flexibility index (Phi) is 5.27. The molecule has 2 rings (SSSR count). The van der Waals surface area contributed by atoms with E-state index in [1.165, 1.54) is 0 Å². The van der Waals surface area contributed by atoms with Crippen molar-refractivity contribution in [2.75, 3.05) is 0 Å². The van der Waals surface area contributed by atoms with Gasteiger partial charge in [0.05, 0.1) is 5.02 Å². The fraction of sp³-hybridized carbons (Fsp3) is 0.611. The average Bonchev–Trinajstić information content (AvgIpc) is 2.36. The van der Waals surface area contributed by atoms with E-state index < -0.39 is 0 Å². The van der Waals surface area contributed by atoms with Crippen LogP contribution in [0.5, 0.6) is 5.75 Å². The van der Waals surface area contributed by atoms with E-state index in [2.05, 4.69) is 38.3 Å². The van der Waals surface area contributed by atoms with Crippen LogP contribution < -0.4 is 10.6 Å². The minimum atomic E-state index is 0.0180. The van der Waals surface area contributed by atoms with Gasteiger partial charge in [-0.2, -0.15) is 0 Å². The summed E-state index contributed by atoms with van der Waals surface area (Å²) >= 11 is 5.89. The van der Waals surface area contributed by atoms with Crippen molar-refractivity contribution in [3.05, 3.63) is 28.8 Å². The highest BCUT2D eigenvalue weighted by Crippen LogP contribution is 2.28. The van der Waals surface area contributed by atoms with E-state index in [-0.39, 0.29) is 28.8 Å². The summed E-state index contributed by atoms with van der Waals surface area (Å²) in [7, 11) is 0. The summed E-state index contributed by atoms with van der Waals surface area (Å²) in [6.07, 6.45) is 2.88. The highest BCUT2D eigenvalue weighted by molar-refractivity contribution is 6.32. The van der Waals surface area contributed by atoms with Crippen molar-refractivity contribution in [2.24, 2.45) is 0 Å². The van der Waals surface area contributed by atoms with Crippen molar-refractivity contribution in [1.29, 1.82) is 0 Å². The van der Waals surface area contributed by atoms with E-state index in [1.807, 2.05) is 0 Å². The molecule has 0 aromatic heterocycles. The topological polar surface area (TPSA) is 61.4 Å². The number of phenolic OH excluding ortho intramolecular Hbond substituents is 1. The number of carbonyl (C=O) groups is 1. The molecule has 1 aliphatic heterocycles. The second-order valence-electron chi connectivity index (χ2n) is 7.85. The standard InChI is InChI=1S/C18H27ClN2O2/c1-17(2)10-13(11-18(3,4)21-17)20-16(23)8-6-12-5-7-15(22)14(19)9-12/h5,7,9,13,21-22H,6,8,10-11H2,1-4H3,(H,20,23). The Morgan fingerprint density at radius 2 is 1.91 bits per heavy atom. The molecule has 1 amide bonds. The molecule has 128 valence electrons. The monoisotopic (exact) mass is 338 g/mol. The van der Waals surface area contributed by atoms with Gasteiger partial charge < -0.3 is 15.7 Å². The molecule has 0 radical (unpaired) electrons. The van der Waals surface area contributed by atoms with E-state index in [1.54, 1.807) is 18.2 Å². The summed E-state index contributed by atoms with van der Waals surface area (Å²) in [5.74, 6) is 0.131. The molecule has 0 atom stereocenters. The van der Waals surface area contributed by atoms with Gasteiger partial charge in [0.15, 0.2) is 0 Å². The highest BCUT2D eigenvalue weighted by Gasteiger charge is 2.37. The molecule has 5 heteroatoms. The van der Waals surface area contributed by atoms with E-state index in [0.29, 0.717) is 17.9 Å². The SMILES string of the molecule is CC1(C)CC(NC(=O)CCc2ccc(O)c(Cl)c2)CC(C)(C)N1. The van der Waals surface area contributed by atoms with Crippen LogP contribution in [0.1, 0.15) is 52.5 Å². The predicted octanol–water partition coefficient (Wildman–Crippen LogP) is 3.40. The van der Waals surface area contributed by atoms with Gasteiger partial charge >= 0.3 is 0 Å². The molecule has 0 aliphatic carbocycles.